The van der Waals surface area contributed by atoms with Gasteiger partial charge in [-0.05, 0) is 25.1 Å². The number of aromatic nitrogens is 2. The zero-order valence-electron chi connectivity index (χ0n) is 8.80. The number of carbonyl (C=O) groups excluding carboxylic acids is 1. The van der Waals surface area contributed by atoms with E-state index in [1.807, 2.05) is 6.92 Å². The van der Waals surface area contributed by atoms with E-state index >= 15 is 0 Å². The number of anilines is 1. The topological polar surface area (TPSA) is 64.0 Å². The molecule has 2 aromatic rings. The Labute approximate surface area is 91.7 Å². The number of nitrogens with zero attached hydrogens (tertiary/aromatic N) is 2. The first-order valence-electron chi connectivity index (χ1n) is 4.95. The van der Waals surface area contributed by atoms with Gasteiger partial charge in [-0.15, -0.1) is 0 Å². The van der Waals surface area contributed by atoms with Gasteiger partial charge in [-0.1, -0.05) is 0 Å². The van der Waals surface area contributed by atoms with Crippen LogP contribution in [0.3, 0.4) is 0 Å². The number of aryl methyl sites for hydroxylation is 1. The lowest BCUT2D eigenvalue weighted by atomic mass is 10.2. The summed E-state index contributed by atoms with van der Waals surface area (Å²) in [5.74, 6) is 0. The average Bonchev–Trinajstić information content (AvgIpc) is 2.30. The van der Waals surface area contributed by atoms with Crippen molar-refractivity contribution in [2.45, 2.75) is 13.5 Å². The van der Waals surface area contributed by atoms with E-state index in [0.717, 1.165) is 0 Å². The zero-order valence-corrected chi connectivity index (χ0v) is 8.80. The summed E-state index contributed by atoms with van der Waals surface area (Å²) < 4.78 is 1.54. The summed E-state index contributed by atoms with van der Waals surface area (Å²) in [6, 6.07) is 5.02. The van der Waals surface area contributed by atoms with E-state index in [1.165, 1.54) is 10.9 Å². The molecule has 1 N–H and O–H groups in total. The standard InChI is InChI=1S/C11H11N3O2/c1-2-14-6-12-10-5-8(13-7-15)3-4-9(10)11(14)16/h3-7H,2H2,1H3,(H,13,15). The minimum Gasteiger partial charge on any atom is -0.329 e. The maximum absolute atomic E-state index is 11.9. The molecule has 0 aliphatic rings. The minimum absolute atomic E-state index is 0.0647. The summed E-state index contributed by atoms with van der Waals surface area (Å²) in [5.41, 5.74) is 1.15. The van der Waals surface area contributed by atoms with E-state index in [1.54, 1.807) is 18.2 Å². The molecule has 0 aliphatic carbocycles. The molecule has 0 atom stereocenters. The Balaban J connectivity index is 2.65. The maximum atomic E-state index is 11.9. The van der Waals surface area contributed by atoms with Crippen LogP contribution in [0.1, 0.15) is 6.92 Å². The van der Waals surface area contributed by atoms with E-state index in [2.05, 4.69) is 10.3 Å². The van der Waals surface area contributed by atoms with Crippen LogP contribution in [-0.2, 0) is 11.3 Å². The first kappa shape index (κ1) is 10.4. The van der Waals surface area contributed by atoms with Crippen LogP contribution in [0.5, 0.6) is 0 Å². The predicted molar refractivity (Wildman–Crippen MR) is 61.4 cm³/mol. The number of amides is 1. The third-order valence-corrected chi connectivity index (χ3v) is 2.39. The minimum atomic E-state index is -0.0647. The van der Waals surface area contributed by atoms with Gasteiger partial charge in [-0.3, -0.25) is 14.2 Å². The molecule has 1 heterocycles. The number of nitrogens with one attached hydrogen (secondary N) is 1. The highest BCUT2D eigenvalue weighted by molar-refractivity contribution is 5.84. The maximum Gasteiger partial charge on any atom is 0.261 e. The number of fused-ring (bicyclic) bond motifs is 1. The van der Waals surface area contributed by atoms with Gasteiger partial charge in [0.15, 0.2) is 0 Å². The first-order chi connectivity index (χ1) is 7.76. The van der Waals surface area contributed by atoms with Gasteiger partial charge in [0.1, 0.15) is 0 Å². The van der Waals surface area contributed by atoms with Crippen molar-refractivity contribution < 1.29 is 4.79 Å². The molecule has 5 heteroatoms. The largest absolute Gasteiger partial charge is 0.329 e. The van der Waals surface area contributed by atoms with Gasteiger partial charge in [0.05, 0.1) is 17.2 Å². The highest BCUT2D eigenvalue weighted by Crippen LogP contribution is 2.13. The Morgan fingerprint density at radius 1 is 1.50 bits per heavy atom. The van der Waals surface area contributed by atoms with Crippen molar-refractivity contribution in [3.05, 3.63) is 34.9 Å². The summed E-state index contributed by atoms with van der Waals surface area (Å²) in [5, 5.41) is 3.07. The Kier molecular flexibility index (Phi) is 2.68. The Morgan fingerprint density at radius 3 is 3.00 bits per heavy atom. The first-order valence-corrected chi connectivity index (χ1v) is 4.95. The van der Waals surface area contributed by atoms with Crippen LogP contribution in [0.15, 0.2) is 29.3 Å². The smallest absolute Gasteiger partial charge is 0.261 e. The van der Waals surface area contributed by atoms with Gasteiger partial charge >= 0.3 is 0 Å². The van der Waals surface area contributed by atoms with Crippen LogP contribution < -0.4 is 10.9 Å². The van der Waals surface area contributed by atoms with Crippen LogP contribution in [0.2, 0.25) is 0 Å². The molecule has 1 aromatic carbocycles. The van der Waals surface area contributed by atoms with Crippen molar-refractivity contribution in [3.63, 3.8) is 0 Å². The van der Waals surface area contributed by atoms with Crippen LogP contribution in [0, 0.1) is 0 Å². The number of carbonyl (C=O) groups is 1. The number of hydrogen-bond acceptors (Lipinski definition) is 3. The summed E-state index contributed by atoms with van der Waals surface area (Å²) in [7, 11) is 0. The SMILES string of the molecule is CCn1cnc2cc(NC=O)ccc2c1=O. The Hall–Kier alpha value is -2.17. The molecule has 2 rings (SSSR count). The molecule has 1 amide bonds. The van der Waals surface area contributed by atoms with Crippen molar-refractivity contribution in [2.24, 2.45) is 0 Å². The molecule has 0 radical (unpaired) electrons. The highest BCUT2D eigenvalue weighted by Gasteiger charge is 2.03. The second-order valence-corrected chi connectivity index (χ2v) is 3.33. The molecule has 0 aliphatic heterocycles. The monoisotopic (exact) mass is 217 g/mol. The average molecular weight is 217 g/mol. The molecular weight excluding hydrogens is 206 g/mol. The lowest BCUT2D eigenvalue weighted by Gasteiger charge is -2.04. The molecule has 0 unspecified atom stereocenters. The Bertz CT molecular complexity index is 589. The van der Waals surface area contributed by atoms with Gasteiger partial charge in [0, 0.05) is 12.2 Å². The second-order valence-electron chi connectivity index (χ2n) is 3.33. The Morgan fingerprint density at radius 2 is 2.31 bits per heavy atom. The molecular formula is C11H11N3O2. The molecule has 16 heavy (non-hydrogen) atoms. The van der Waals surface area contributed by atoms with Crippen molar-refractivity contribution in [1.82, 2.24) is 9.55 Å². The van der Waals surface area contributed by atoms with Gasteiger partial charge < -0.3 is 5.32 Å². The van der Waals surface area contributed by atoms with Crippen molar-refractivity contribution in [2.75, 3.05) is 5.32 Å². The predicted octanol–water partition coefficient (Wildman–Crippen LogP) is 0.985. The second kappa shape index (κ2) is 4.14. The number of benzene rings is 1. The van der Waals surface area contributed by atoms with E-state index in [0.29, 0.717) is 29.5 Å². The molecule has 0 saturated carbocycles. The molecule has 5 nitrogen and oxygen atoms in total. The van der Waals surface area contributed by atoms with Gasteiger partial charge in [0.2, 0.25) is 6.41 Å². The number of rotatable bonds is 3. The zero-order chi connectivity index (χ0) is 11.5. The molecule has 0 fully saturated rings. The third kappa shape index (κ3) is 1.67. The normalized spacial score (nSPS) is 10.3. The van der Waals surface area contributed by atoms with Crippen LogP contribution in [-0.4, -0.2) is 16.0 Å². The van der Waals surface area contributed by atoms with Crippen molar-refractivity contribution in [3.8, 4) is 0 Å². The highest BCUT2D eigenvalue weighted by atomic mass is 16.1. The lowest BCUT2D eigenvalue weighted by molar-refractivity contribution is -0.105. The van der Waals surface area contributed by atoms with Gasteiger partial charge in [0.25, 0.3) is 5.56 Å². The van der Waals surface area contributed by atoms with Gasteiger partial charge in [-0.2, -0.15) is 0 Å². The number of hydrogen-bond donors (Lipinski definition) is 1. The van der Waals surface area contributed by atoms with Crippen LogP contribution >= 0.6 is 0 Å². The summed E-state index contributed by atoms with van der Waals surface area (Å²) >= 11 is 0. The molecule has 1 aromatic heterocycles. The van der Waals surface area contributed by atoms with Crippen molar-refractivity contribution >= 4 is 23.0 Å². The summed E-state index contributed by atoms with van der Waals surface area (Å²) in [6.45, 7) is 2.48. The van der Waals surface area contributed by atoms with E-state index in [9.17, 15) is 9.59 Å². The third-order valence-electron chi connectivity index (χ3n) is 2.39. The van der Waals surface area contributed by atoms with E-state index < -0.39 is 0 Å². The summed E-state index contributed by atoms with van der Waals surface area (Å²) in [4.78, 5) is 26.3. The van der Waals surface area contributed by atoms with E-state index in [4.69, 9.17) is 0 Å². The van der Waals surface area contributed by atoms with E-state index in [-0.39, 0.29) is 5.56 Å². The fraction of sp³-hybridized carbons (Fsp3) is 0.182. The molecule has 0 bridgehead atoms. The summed E-state index contributed by atoms with van der Waals surface area (Å²) in [6.07, 6.45) is 2.10. The lowest BCUT2D eigenvalue weighted by Crippen LogP contribution is -2.19. The molecule has 82 valence electrons. The molecule has 0 spiro atoms. The fourth-order valence-corrected chi connectivity index (χ4v) is 1.54. The quantitative estimate of drug-likeness (QED) is 0.779. The molecule has 0 saturated heterocycles. The van der Waals surface area contributed by atoms with Crippen molar-refractivity contribution in [1.29, 1.82) is 0 Å². The van der Waals surface area contributed by atoms with Crippen LogP contribution in [0.4, 0.5) is 5.69 Å². The fourth-order valence-electron chi connectivity index (χ4n) is 1.54. The van der Waals surface area contributed by atoms with Gasteiger partial charge in [-0.25, -0.2) is 4.98 Å². The van der Waals surface area contributed by atoms with Crippen LogP contribution in [0.25, 0.3) is 10.9 Å².